The lowest BCUT2D eigenvalue weighted by atomic mass is 10.1. The van der Waals surface area contributed by atoms with Crippen molar-refractivity contribution in [3.8, 4) is 17.3 Å². The second-order valence-corrected chi connectivity index (χ2v) is 5.03. The number of aromatic nitrogens is 3. The molecule has 4 nitrogen and oxygen atoms in total. The molecular formula is C15H17N3O. The molecule has 0 saturated heterocycles. The molecule has 0 bridgehead atoms. The Labute approximate surface area is 112 Å². The fraction of sp³-hybridized carbons (Fsp3) is 0.400. The topological polar surface area (TPSA) is 47.9 Å². The summed E-state index contributed by atoms with van der Waals surface area (Å²) in [5, 5.41) is 0. The van der Waals surface area contributed by atoms with Crippen molar-refractivity contribution in [1.82, 2.24) is 15.0 Å². The summed E-state index contributed by atoms with van der Waals surface area (Å²) in [5.41, 5.74) is 1.79. The van der Waals surface area contributed by atoms with Crippen molar-refractivity contribution >= 4 is 0 Å². The van der Waals surface area contributed by atoms with Crippen molar-refractivity contribution in [2.75, 3.05) is 0 Å². The number of hydrogen-bond acceptors (Lipinski definition) is 4. The zero-order chi connectivity index (χ0) is 13.1. The fourth-order valence-electron chi connectivity index (χ4n) is 2.46. The van der Waals surface area contributed by atoms with Crippen LogP contribution in [0.25, 0.3) is 11.3 Å². The molecule has 2 atom stereocenters. The van der Waals surface area contributed by atoms with E-state index in [0.717, 1.165) is 17.7 Å². The van der Waals surface area contributed by atoms with Crippen LogP contribution in [0.2, 0.25) is 0 Å². The number of hydrogen-bond donors (Lipinski definition) is 0. The monoisotopic (exact) mass is 255 g/mol. The molecule has 2 aromatic rings. The van der Waals surface area contributed by atoms with Gasteiger partial charge < -0.3 is 4.74 Å². The largest absolute Gasteiger partial charge is 0.460 e. The highest BCUT2D eigenvalue weighted by atomic mass is 16.5. The average molecular weight is 255 g/mol. The van der Waals surface area contributed by atoms with Gasteiger partial charge in [0.2, 0.25) is 0 Å². The quantitative estimate of drug-likeness (QED) is 0.845. The Hall–Kier alpha value is -1.97. The number of nitrogens with zero attached hydrogens (tertiary/aromatic N) is 3. The molecule has 0 radical (unpaired) electrons. The van der Waals surface area contributed by atoms with E-state index in [1.807, 2.05) is 18.2 Å². The summed E-state index contributed by atoms with van der Waals surface area (Å²) in [6.07, 6.45) is 9.14. The van der Waals surface area contributed by atoms with Crippen LogP contribution in [0.3, 0.4) is 0 Å². The van der Waals surface area contributed by atoms with Gasteiger partial charge in [-0.05, 0) is 37.3 Å². The normalized spacial score (nSPS) is 22.4. The molecule has 4 heteroatoms. The fourth-order valence-corrected chi connectivity index (χ4v) is 2.46. The van der Waals surface area contributed by atoms with E-state index in [-0.39, 0.29) is 6.10 Å². The Morgan fingerprint density at radius 2 is 1.95 bits per heavy atom. The summed E-state index contributed by atoms with van der Waals surface area (Å²) >= 11 is 0. The van der Waals surface area contributed by atoms with Gasteiger partial charge in [0.25, 0.3) is 0 Å². The highest BCUT2D eigenvalue weighted by molar-refractivity contribution is 5.56. The van der Waals surface area contributed by atoms with Gasteiger partial charge in [-0.15, -0.1) is 0 Å². The molecule has 1 aliphatic rings. The van der Waals surface area contributed by atoms with Gasteiger partial charge in [-0.3, -0.25) is 4.98 Å². The second-order valence-electron chi connectivity index (χ2n) is 5.03. The third kappa shape index (κ3) is 2.72. The standard InChI is InChI=1S/C15H17N3O/c1-11-5-4-7-14(11)19-15-17-9-12(10-18-15)13-6-2-3-8-16-13/h2-3,6,8-11,14H,4-5,7H2,1H3/t11-,14-/m1/s1. The van der Waals surface area contributed by atoms with Crippen LogP contribution < -0.4 is 4.74 Å². The first-order chi connectivity index (χ1) is 9.33. The summed E-state index contributed by atoms with van der Waals surface area (Å²) in [5.74, 6) is 0.596. The maximum absolute atomic E-state index is 5.84. The maximum atomic E-state index is 5.84. The smallest absolute Gasteiger partial charge is 0.316 e. The summed E-state index contributed by atoms with van der Waals surface area (Å²) < 4.78 is 5.84. The Kier molecular flexibility index (Phi) is 3.40. The summed E-state index contributed by atoms with van der Waals surface area (Å²) in [7, 11) is 0. The van der Waals surface area contributed by atoms with Gasteiger partial charge in [0.1, 0.15) is 6.10 Å². The van der Waals surface area contributed by atoms with Gasteiger partial charge in [0.15, 0.2) is 0 Å². The molecule has 0 aliphatic heterocycles. The van der Waals surface area contributed by atoms with E-state index in [1.165, 1.54) is 12.8 Å². The first kappa shape index (κ1) is 12.1. The van der Waals surface area contributed by atoms with Crippen LogP contribution in [0.15, 0.2) is 36.8 Å². The molecule has 1 aliphatic carbocycles. The predicted octanol–water partition coefficient (Wildman–Crippen LogP) is 3.11. The zero-order valence-electron chi connectivity index (χ0n) is 11.0. The number of ether oxygens (including phenoxy) is 1. The van der Waals surface area contributed by atoms with Crippen molar-refractivity contribution in [3.05, 3.63) is 36.8 Å². The van der Waals surface area contributed by atoms with Crippen LogP contribution in [-0.4, -0.2) is 21.1 Å². The minimum Gasteiger partial charge on any atom is -0.460 e. The molecular weight excluding hydrogens is 238 g/mol. The van der Waals surface area contributed by atoms with Gasteiger partial charge in [-0.25, -0.2) is 9.97 Å². The Morgan fingerprint density at radius 1 is 1.11 bits per heavy atom. The molecule has 0 spiro atoms. The summed E-state index contributed by atoms with van der Waals surface area (Å²) in [6.45, 7) is 2.22. The molecule has 2 heterocycles. The highest BCUT2D eigenvalue weighted by Crippen LogP contribution is 2.28. The van der Waals surface area contributed by atoms with E-state index < -0.39 is 0 Å². The molecule has 0 N–H and O–H groups in total. The third-order valence-corrected chi connectivity index (χ3v) is 3.63. The molecule has 1 saturated carbocycles. The van der Waals surface area contributed by atoms with Crippen molar-refractivity contribution < 1.29 is 4.74 Å². The van der Waals surface area contributed by atoms with Crippen LogP contribution >= 0.6 is 0 Å². The van der Waals surface area contributed by atoms with E-state index in [1.54, 1.807) is 18.6 Å². The molecule has 0 amide bonds. The lowest BCUT2D eigenvalue weighted by Gasteiger charge is -2.15. The number of rotatable bonds is 3. The minimum atomic E-state index is 0.265. The van der Waals surface area contributed by atoms with Crippen LogP contribution in [0.5, 0.6) is 6.01 Å². The zero-order valence-corrected chi connectivity index (χ0v) is 11.0. The van der Waals surface area contributed by atoms with Crippen molar-refractivity contribution in [2.45, 2.75) is 32.3 Å². The van der Waals surface area contributed by atoms with Crippen LogP contribution in [0.4, 0.5) is 0 Å². The molecule has 2 aromatic heterocycles. The molecule has 3 rings (SSSR count). The first-order valence-electron chi connectivity index (χ1n) is 6.73. The Balaban J connectivity index is 1.72. The van der Waals surface area contributed by atoms with E-state index >= 15 is 0 Å². The maximum Gasteiger partial charge on any atom is 0.316 e. The molecule has 98 valence electrons. The van der Waals surface area contributed by atoms with E-state index in [4.69, 9.17) is 4.74 Å². The third-order valence-electron chi connectivity index (χ3n) is 3.63. The van der Waals surface area contributed by atoms with E-state index in [0.29, 0.717) is 11.9 Å². The lowest BCUT2D eigenvalue weighted by molar-refractivity contribution is 0.153. The van der Waals surface area contributed by atoms with Crippen molar-refractivity contribution in [2.24, 2.45) is 5.92 Å². The van der Waals surface area contributed by atoms with Gasteiger partial charge in [-0.2, -0.15) is 0 Å². The Morgan fingerprint density at radius 3 is 2.58 bits per heavy atom. The molecule has 19 heavy (non-hydrogen) atoms. The van der Waals surface area contributed by atoms with Gasteiger partial charge >= 0.3 is 6.01 Å². The summed E-state index contributed by atoms with van der Waals surface area (Å²) in [6, 6.07) is 6.26. The summed E-state index contributed by atoms with van der Waals surface area (Å²) in [4.78, 5) is 12.8. The highest BCUT2D eigenvalue weighted by Gasteiger charge is 2.25. The van der Waals surface area contributed by atoms with E-state index in [9.17, 15) is 0 Å². The van der Waals surface area contributed by atoms with Crippen LogP contribution in [-0.2, 0) is 0 Å². The minimum absolute atomic E-state index is 0.265. The van der Waals surface area contributed by atoms with Crippen LogP contribution in [0.1, 0.15) is 26.2 Å². The SMILES string of the molecule is C[C@@H]1CCC[C@H]1Oc1ncc(-c2ccccn2)cn1. The molecule has 0 aromatic carbocycles. The number of pyridine rings is 1. The van der Waals surface area contributed by atoms with Gasteiger partial charge in [0.05, 0.1) is 5.69 Å². The van der Waals surface area contributed by atoms with Gasteiger partial charge in [0, 0.05) is 24.2 Å². The lowest BCUT2D eigenvalue weighted by Crippen LogP contribution is -2.20. The van der Waals surface area contributed by atoms with Crippen LogP contribution in [0, 0.1) is 5.92 Å². The average Bonchev–Trinajstić information content (AvgIpc) is 2.86. The van der Waals surface area contributed by atoms with Crippen molar-refractivity contribution in [1.29, 1.82) is 0 Å². The predicted molar refractivity (Wildman–Crippen MR) is 72.7 cm³/mol. The van der Waals surface area contributed by atoms with E-state index in [2.05, 4.69) is 21.9 Å². The first-order valence-corrected chi connectivity index (χ1v) is 6.73. The Bertz CT molecular complexity index is 527. The molecule has 1 fully saturated rings. The van der Waals surface area contributed by atoms with Crippen molar-refractivity contribution in [3.63, 3.8) is 0 Å². The van der Waals surface area contributed by atoms with Gasteiger partial charge in [-0.1, -0.05) is 13.0 Å². The second kappa shape index (κ2) is 5.34. The molecule has 0 unspecified atom stereocenters.